The van der Waals surface area contributed by atoms with Crippen LogP contribution in [0.3, 0.4) is 0 Å². The van der Waals surface area contributed by atoms with Crippen molar-refractivity contribution >= 4 is 16.7 Å². The van der Waals surface area contributed by atoms with Crippen molar-refractivity contribution in [3.8, 4) is 0 Å². The second kappa shape index (κ2) is 7.49. The van der Waals surface area contributed by atoms with E-state index in [1.165, 1.54) is 17.9 Å². The fraction of sp³-hybridized carbons (Fsp3) is 0.500. The first-order chi connectivity index (χ1) is 11.7. The summed E-state index contributed by atoms with van der Waals surface area (Å²) in [5.74, 6) is 0.780. The highest BCUT2D eigenvalue weighted by Crippen LogP contribution is 2.21. The molecule has 0 atom stereocenters. The average Bonchev–Trinajstić information content (AvgIpc) is 3.29. The van der Waals surface area contributed by atoms with Gasteiger partial charge in [0, 0.05) is 25.2 Å². The van der Waals surface area contributed by atoms with E-state index in [1.807, 2.05) is 17.8 Å². The molecule has 0 saturated carbocycles. The highest BCUT2D eigenvalue weighted by molar-refractivity contribution is 7.09. The van der Waals surface area contributed by atoms with Crippen molar-refractivity contribution in [2.24, 2.45) is 0 Å². The molecule has 0 aliphatic heterocycles. The zero-order valence-electron chi connectivity index (χ0n) is 14.0. The van der Waals surface area contributed by atoms with Gasteiger partial charge in [0.15, 0.2) is 0 Å². The lowest BCUT2D eigenvalue weighted by molar-refractivity contribution is 0.118. The van der Waals surface area contributed by atoms with Crippen molar-refractivity contribution in [3.05, 3.63) is 35.9 Å². The number of methoxy groups -OCH3 is 1. The van der Waals surface area contributed by atoms with Gasteiger partial charge in [0.25, 0.3) is 0 Å². The van der Waals surface area contributed by atoms with Crippen LogP contribution in [0.15, 0.2) is 18.9 Å². The zero-order chi connectivity index (χ0) is 16.9. The van der Waals surface area contributed by atoms with Crippen molar-refractivity contribution in [2.75, 3.05) is 18.6 Å². The predicted octanol–water partition coefficient (Wildman–Crippen LogP) is 1.25. The van der Waals surface area contributed by atoms with E-state index in [9.17, 15) is 0 Å². The molecule has 9 nitrogen and oxygen atoms in total. The topological polar surface area (TPSA) is 86.8 Å². The Labute approximate surface area is 144 Å². The smallest absolute Gasteiger partial charge is 0.205 e. The van der Waals surface area contributed by atoms with Crippen LogP contribution in [0.4, 0.5) is 5.13 Å². The first kappa shape index (κ1) is 16.5. The monoisotopic (exact) mass is 348 g/mol. The summed E-state index contributed by atoms with van der Waals surface area (Å²) in [6.07, 6.45) is 5.11. The Hall–Kier alpha value is -2.33. The molecule has 0 unspecified atom stereocenters. The van der Waals surface area contributed by atoms with E-state index in [2.05, 4.69) is 36.4 Å². The van der Waals surface area contributed by atoms with Crippen molar-refractivity contribution in [1.29, 1.82) is 0 Å². The van der Waals surface area contributed by atoms with Gasteiger partial charge in [-0.05, 0) is 19.4 Å². The van der Waals surface area contributed by atoms with Crippen molar-refractivity contribution in [3.63, 3.8) is 0 Å². The second-order valence-electron chi connectivity index (χ2n) is 5.40. The van der Waals surface area contributed by atoms with E-state index in [4.69, 9.17) is 4.74 Å². The van der Waals surface area contributed by atoms with Crippen LogP contribution in [-0.2, 0) is 24.6 Å². The van der Waals surface area contributed by atoms with E-state index in [0.717, 1.165) is 35.3 Å². The summed E-state index contributed by atoms with van der Waals surface area (Å²) in [5, 5.41) is 9.42. The molecule has 3 heterocycles. The standard InChI is InChI=1S/C14H20N8OS/c1-11-6-16-22(10-23-3)13(11)7-20(14-18-12(2)19-24-14)4-5-21-9-15-8-17-21/h6,8-9H,4-5,7,10H2,1-3H3. The van der Waals surface area contributed by atoms with Gasteiger partial charge in [-0.2, -0.15) is 14.6 Å². The van der Waals surface area contributed by atoms with Gasteiger partial charge in [-0.25, -0.2) is 14.6 Å². The minimum atomic E-state index is 0.426. The normalized spacial score (nSPS) is 11.1. The molecule has 0 fully saturated rings. The van der Waals surface area contributed by atoms with Crippen LogP contribution < -0.4 is 4.90 Å². The molecule has 0 bridgehead atoms. The van der Waals surface area contributed by atoms with Crippen LogP contribution in [0.2, 0.25) is 0 Å². The van der Waals surface area contributed by atoms with E-state index < -0.39 is 0 Å². The number of rotatable bonds is 8. The molecule has 3 aromatic rings. The number of anilines is 1. The molecule has 3 aromatic heterocycles. The minimum absolute atomic E-state index is 0.426. The van der Waals surface area contributed by atoms with Crippen LogP contribution >= 0.6 is 11.5 Å². The van der Waals surface area contributed by atoms with E-state index >= 15 is 0 Å². The molecule has 3 rings (SSSR count). The van der Waals surface area contributed by atoms with E-state index in [0.29, 0.717) is 13.3 Å². The third kappa shape index (κ3) is 3.77. The van der Waals surface area contributed by atoms with Gasteiger partial charge in [0.1, 0.15) is 25.2 Å². The Bertz CT molecular complexity index is 766. The van der Waals surface area contributed by atoms with Crippen molar-refractivity contribution < 1.29 is 4.74 Å². The predicted molar refractivity (Wildman–Crippen MR) is 89.7 cm³/mol. The van der Waals surface area contributed by atoms with Gasteiger partial charge in [-0.3, -0.25) is 4.68 Å². The molecular formula is C14H20N8OS. The van der Waals surface area contributed by atoms with Crippen LogP contribution in [0, 0.1) is 13.8 Å². The van der Waals surface area contributed by atoms with Gasteiger partial charge in [-0.15, -0.1) is 0 Å². The lowest BCUT2D eigenvalue weighted by Gasteiger charge is -2.22. The largest absolute Gasteiger partial charge is 0.362 e. The first-order valence-corrected chi connectivity index (χ1v) is 8.32. The van der Waals surface area contributed by atoms with Gasteiger partial charge in [-0.1, -0.05) is 0 Å². The maximum absolute atomic E-state index is 5.23. The van der Waals surface area contributed by atoms with Crippen LogP contribution in [0.1, 0.15) is 17.1 Å². The van der Waals surface area contributed by atoms with Crippen LogP contribution in [-0.4, -0.2) is 47.6 Å². The quantitative estimate of drug-likeness (QED) is 0.605. The third-order valence-electron chi connectivity index (χ3n) is 3.60. The Morgan fingerprint density at radius 3 is 2.83 bits per heavy atom. The molecule has 0 N–H and O–H groups in total. The maximum Gasteiger partial charge on any atom is 0.205 e. The molecule has 0 saturated heterocycles. The molecular weight excluding hydrogens is 328 g/mol. The first-order valence-electron chi connectivity index (χ1n) is 7.55. The zero-order valence-corrected chi connectivity index (χ0v) is 14.8. The summed E-state index contributed by atoms with van der Waals surface area (Å²) < 4.78 is 13.2. The molecule has 0 aromatic carbocycles. The lowest BCUT2D eigenvalue weighted by atomic mass is 10.2. The number of ether oxygens (including phenoxy) is 1. The van der Waals surface area contributed by atoms with Gasteiger partial charge in [0.2, 0.25) is 5.13 Å². The average molecular weight is 348 g/mol. The number of hydrogen-bond donors (Lipinski definition) is 0. The Morgan fingerprint density at radius 1 is 1.29 bits per heavy atom. The molecule has 10 heteroatoms. The number of aryl methyl sites for hydroxylation is 2. The van der Waals surface area contributed by atoms with Gasteiger partial charge in [0.05, 0.1) is 25.0 Å². The summed E-state index contributed by atoms with van der Waals surface area (Å²) in [7, 11) is 1.66. The minimum Gasteiger partial charge on any atom is -0.362 e. The fourth-order valence-electron chi connectivity index (χ4n) is 2.35. The summed E-state index contributed by atoms with van der Waals surface area (Å²) in [6.45, 7) is 6.52. The van der Waals surface area contributed by atoms with Gasteiger partial charge < -0.3 is 9.64 Å². The van der Waals surface area contributed by atoms with E-state index in [1.54, 1.807) is 18.1 Å². The van der Waals surface area contributed by atoms with E-state index in [-0.39, 0.29) is 0 Å². The summed E-state index contributed by atoms with van der Waals surface area (Å²) in [5.41, 5.74) is 2.22. The maximum atomic E-state index is 5.23. The lowest BCUT2D eigenvalue weighted by Crippen LogP contribution is -2.29. The fourth-order valence-corrected chi connectivity index (χ4v) is 3.05. The van der Waals surface area contributed by atoms with Gasteiger partial charge >= 0.3 is 0 Å². The Morgan fingerprint density at radius 2 is 2.17 bits per heavy atom. The molecule has 0 aliphatic rings. The summed E-state index contributed by atoms with van der Waals surface area (Å²) >= 11 is 1.40. The molecule has 0 radical (unpaired) electrons. The molecule has 0 amide bonds. The molecule has 0 aliphatic carbocycles. The SMILES string of the molecule is COCn1ncc(C)c1CN(CCn1cncn1)c1nc(C)ns1. The third-order valence-corrected chi connectivity index (χ3v) is 4.47. The molecule has 0 spiro atoms. The van der Waals surface area contributed by atoms with Crippen LogP contribution in [0.25, 0.3) is 0 Å². The van der Waals surface area contributed by atoms with Crippen molar-refractivity contribution in [2.45, 2.75) is 33.7 Å². The second-order valence-corrected chi connectivity index (χ2v) is 6.13. The summed E-state index contributed by atoms with van der Waals surface area (Å²) in [4.78, 5) is 10.7. The molecule has 128 valence electrons. The van der Waals surface area contributed by atoms with Crippen molar-refractivity contribution in [1.82, 2.24) is 33.9 Å². The highest BCUT2D eigenvalue weighted by Gasteiger charge is 2.17. The highest BCUT2D eigenvalue weighted by atomic mass is 32.1. The number of aromatic nitrogens is 7. The summed E-state index contributed by atoms with van der Waals surface area (Å²) in [6, 6.07) is 0. The van der Waals surface area contributed by atoms with Crippen LogP contribution in [0.5, 0.6) is 0 Å². The Balaban J connectivity index is 1.80. The molecule has 24 heavy (non-hydrogen) atoms. The Kier molecular flexibility index (Phi) is 5.16. The number of nitrogens with zero attached hydrogens (tertiary/aromatic N) is 8. The number of hydrogen-bond acceptors (Lipinski definition) is 8.